The molecule has 0 aliphatic carbocycles. The normalized spacial score (nSPS) is 12.4. The van der Waals surface area contributed by atoms with Crippen molar-refractivity contribution in [2.24, 2.45) is 5.73 Å². The zero-order valence-electron chi connectivity index (χ0n) is 8.53. The lowest BCUT2D eigenvalue weighted by Gasteiger charge is -2.14. The molecule has 1 atom stereocenters. The Balaban J connectivity index is 2.39. The molecule has 16 heavy (non-hydrogen) atoms. The zero-order valence-corrected chi connectivity index (χ0v) is 10.0. The fourth-order valence-electron chi connectivity index (χ4n) is 1.61. The number of halogens is 2. The fourth-order valence-corrected chi connectivity index (χ4v) is 2.06. The minimum atomic E-state index is -0.243. The Morgan fingerprint density at radius 2 is 1.69 bits per heavy atom. The van der Waals surface area contributed by atoms with Crippen LogP contribution in [0.2, 0.25) is 10.0 Å². The number of rotatable bonds is 2. The Morgan fingerprint density at radius 3 is 2.38 bits per heavy atom. The number of nitrogens with two attached hydrogens (primary N) is 1. The molecule has 2 N–H and O–H groups in total. The van der Waals surface area contributed by atoms with Crippen LogP contribution in [0, 0.1) is 0 Å². The molecule has 0 aliphatic rings. The predicted molar refractivity (Wildman–Crippen MR) is 68.9 cm³/mol. The maximum atomic E-state index is 6.14. The first-order valence-electron chi connectivity index (χ1n) is 4.94. The predicted octanol–water partition coefficient (Wildman–Crippen LogP) is 4.04. The third-order valence-electron chi connectivity index (χ3n) is 2.45. The van der Waals surface area contributed by atoms with Gasteiger partial charge in [-0.2, -0.15) is 0 Å². The fraction of sp³-hybridized carbons (Fsp3) is 0.0769. The van der Waals surface area contributed by atoms with Gasteiger partial charge < -0.3 is 5.73 Å². The van der Waals surface area contributed by atoms with E-state index in [0.29, 0.717) is 10.0 Å². The molecule has 3 heteroatoms. The third kappa shape index (κ3) is 2.38. The molecule has 0 aromatic heterocycles. The molecular weight excluding hydrogens is 241 g/mol. The molecule has 0 bridgehead atoms. The van der Waals surface area contributed by atoms with E-state index in [-0.39, 0.29) is 6.04 Å². The highest BCUT2D eigenvalue weighted by molar-refractivity contribution is 6.31. The number of benzene rings is 2. The van der Waals surface area contributed by atoms with Gasteiger partial charge in [0, 0.05) is 10.0 Å². The summed E-state index contributed by atoms with van der Waals surface area (Å²) in [4.78, 5) is 0. The van der Waals surface area contributed by atoms with Gasteiger partial charge in [-0.1, -0.05) is 53.5 Å². The maximum Gasteiger partial charge on any atom is 0.0566 e. The van der Waals surface area contributed by atoms with Crippen LogP contribution >= 0.6 is 23.2 Å². The average Bonchev–Trinajstić information content (AvgIpc) is 2.29. The van der Waals surface area contributed by atoms with E-state index in [9.17, 15) is 0 Å². The van der Waals surface area contributed by atoms with E-state index in [4.69, 9.17) is 28.9 Å². The van der Waals surface area contributed by atoms with Gasteiger partial charge in [0.05, 0.1) is 6.04 Å². The highest BCUT2D eigenvalue weighted by Gasteiger charge is 2.11. The molecule has 1 nitrogen and oxygen atoms in total. The molecule has 0 fully saturated rings. The molecule has 2 aromatic carbocycles. The van der Waals surface area contributed by atoms with Gasteiger partial charge in [0.25, 0.3) is 0 Å². The summed E-state index contributed by atoms with van der Waals surface area (Å²) in [6.07, 6.45) is 0. The Labute approximate surface area is 105 Å². The summed E-state index contributed by atoms with van der Waals surface area (Å²) in [6.45, 7) is 0. The van der Waals surface area contributed by atoms with Crippen molar-refractivity contribution in [1.82, 2.24) is 0 Å². The summed E-state index contributed by atoms with van der Waals surface area (Å²) < 4.78 is 0. The summed E-state index contributed by atoms with van der Waals surface area (Å²) in [6, 6.07) is 14.8. The van der Waals surface area contributed by atoms with Gasteiger partial charge >= 0.3 is 0 Å². The number of hydrogen-bond donors (Lipinski definition) is 1. The molecule has 0 heterocycles. The molecule has 1 unspecified atom stereocenters. The molecule has 0 radical (unpaired) electrons. The van der Waals surface area contributed by atoms with Gasteiger partial charge in [0.15, 0.2) is 0 Å². The first kappa shape index (κ1) is 11.5. The van der Waals surface area contributed by atoms with Crippen LogP contribution in [0.3, 0.4) is 0 Å². The molecule has 0 saturated carbocycles. The standard InChI is InChI=1S/C13H11Cl2N/c14-10-5-3-4-9(8-10)13(16)11-6-1-2-7-12(11)15/h1-8,13H,16H2. The second-order valence-electron chi connectivity index (χ2n) is 3.55. The van der Waals surface area contributed by atoms with Gasteiger partial charge in [-0.15, -0.1) is 0 Å². The van der Waals surface area contributed by atoms with Crippen molar-refractivity contribution in [2.75, 3.05) is 0 Å². The Bertz CT molecular complexity index is 497. The van der Waals surface area contributed by atoms with Gasteiger partial charge in [-0.25, -0.2) is 0 Å². The highest BCUT2D eigenvalue weighted by atomic mass is 35.5. The van der Waals surface area contributed by atoms with Crippen molar-refractivity contribution >= 4 is 23.2 Å². The second kappa shape index (κ2) is 4.88. The molecule has 0 aliphatic heterocycles. The molecule has 2 aromatic rings. The van der Waals surface area contributed by atoms with Gasteiger partial charge in [0.1, 0.15) is 0 Å². The summed E-state index contributed by atoms with van der Waals surface area (Å²) in [7, 11) is 0. The first-order valence-corrected chi connectivity index (χ1v) is 5.69. The van der Waals surface area contributed by atoms with Crippen molar-refractivity contribution in [3.63, 3.8) is 0 Å². The lowest BCUT2D eigenvalue weighted by atomic mass is 10.00. The van der Waals surface area contributed by atoms with Crippen LogP contribution in [0.25, 0.3) is 0 Å². The number of hydrogen-bond acceptors (Lipinski definition) is 1. The largest absolute Gasteiger partial charge is 0.320 e. The van der Waals surface area contributed by atoms with Crippen molar-refractivity contribution in [3.8, 4) is 0 Å². The van der Waals surface area contributed by atoms with Gasteiger partial charge in [0.2, 0.25) is 0 Å². The quantitative estimate of drug-likeness (QED) is 0.857. The summed E-state index contributed by atoms with van der Waals surface area (Å²) in [5.41, 5.74) is 8.01. The van der Waals surface area contributed by atoms with E-state index in [0.717, 1.165) is 11.1 Å². The van der Waals surface area contributed by atoms with Crippen LogP contribution in [0.15, 0.2) is 48.5 Å². The maximum absolute atomic E-state index is 6.14. The second-order valence-corrected chi connectivity index (χ2v) is 4.40. The lowest BCUT2D eigenvalue weighted by molar-refractivity contribution is 0.872. The van der Waals surface area contributed by atoms with Gasteiger partial charge in [-0.3, -0.25) is 0 Å². The van der Waals surface area contributed by atoms with Crippen LogP contribution in [-0.2, 0) is 0 Å². The van der Waals surface area contributed by atoms with Crippen LogP contribution in [-0.4, -0.2) is 0 Å². The van der Waals surface area contributed by atoms with Crippen molar-refractivity contribution < 1.29 is 0 Å². The minimum Gasteiger partial charge on any atom is -0.320 e. The van der Waals surface area contributed by atoms with E-state index in [2.05, 4.69) is 0 Å². The van der Waals surface area contributed by atoms with Crippen molar-refractivity contribution in [2.45, 2.75) is 6.04 Å². The van der Waals surface area contributed by atoms with E-state index >= 15 is 0 Å². The van der Waals surface area contributed by atoms with Crippen LogP contribution in [0.1, 0.15) is 17.2 Å². The molecule has 2 rings (SSSR count). The third-order valence-corrected chi connectivity index (χ3v) is 3.03. The van der Waals surface area contributed by atoms with Gasteiger partial charge in [-0.05, 0) is 29.3 Å². The highest BCUT2D eigenvalue weighted by Crippen LogP contribution is 2.27. The molecule has 0 saturated heterocycles. The molecule has 0 spiro atoms. The topological polar surface area (TPSA) is 26.0 Å². The minimum absolute atomic E-state index is 0.243. The van der Waals surface area contributed by atoms with Crippen molar-refractivity contribution in [1.29, 1.82) is 0 Å². The molecule has 0 amide bonds. The summed E-state index contributed by atoms with van der Waals surface area (Å²) in [5, 5.41) is 1.36. The average molecular weight is 252 g/mol. The van der Waals surface area contributed by atoms with Crippen LogP contribution < -0.4 is 5.73 Å². The Kier molecular flexibility index (Phi) is 3.49. The van der Waals surface area contributed by atoms with Crippen LogP contribution in [0.5, 0.6) is 0 Å². The monoisotopic (exact) mass is 251 g/mol. The SMILES string of the molecule is NC(c1cccc(Cl)c1)c1ccccc1Cl. The summed E-state index contributed by atoms with van der Waals surface area (Å²) in [5.74, 6) is 0. The van der Waals surface area contributed by atoms with E-state index in [1.165, 1.54) is 0 Å². The summed E-state index contributed by atoms with van der Waals surface area (Å²) >= 11 is 12.0. The van der Waals surface area contributed by atoms with Crippen LogP contribution in [0.4, 0.5) is 0 Å². The Morgan fingerprint density at radius 1 is 0.938 bits per heavy atom. The van der Waals surface area contributed by atoms with E-state index < -0.39 is 0 Å². The zero-order chi connectivity index (χ0) is 11.5. The molecular formula is C13H11Cl2N. The van der Waals surface area contributed by atoms with E-state index in [1.807, 2.05) is 48.5 Å². The Hall–Kier alpha value is -1.02. The molecule has 82 valence electrons. The first-order chi connectivity index (χ1) is 7.68. The smallest absolute Gasteiger partial charge is 0.0566 e. The van der Waals surface area contributed by atoms with E-state index in [1.54, 1.807) is 0 Å². The lowest BCUT2D eigenvalue weighted by Crippen LogP contribution is -2.12. The van der Waals surface area contributed by atoms with Crippen molar-refractivity contribution in [3.05, 3.63) is 69.7 Å².